The van der Waals surface area contributed by atoms with E-state index in [0.717, 1.165) is 11.1 Å². The first-order valence-corrected chi connectivity index (χ1v) is 7.15. The van der Waals surface area contributed by atoms with E-state index >= 15 is 0 Å². The molecule has 0 fully saturated rings. The van der Waals surface area contributed by atoms with Gasteiger partial charge >= 0.3 is 0 Å². The number of benzene rings is 2. The molecule has 0 aliphatic heterocycles. The molecule has 0 saturated carbocycles. The Kier molecular flexibility index (Phi) is 5.40. The van der Waals surface area contributed by atoms with Crippen LogP contribution in [0.2, 0.25) is 0 Å². The molecule has 2 aromatic carbocycles. The van der Waals surface area contributed by atoms with Crippen molar-refractivity contribution in [2.75, 3.05) is 17.6 Å². The minimum absolute atomic E-state index is 0.0606. The summed E-state index contributed by atoms with van der Waals surface area (Å²) in [6.45, 7) is -0.0606. The highest BCUT2D eigenvalue weighted by Gasteiger charge is 2.05. The number of carbonyl (C=O) groups excluding carboxylic acids is 2. The number of hydrogen-bond acceptors (Lipinski definition) is 3. The Morgan fingerprint density at radius 3 is 2.33 bits per heavy atom. The smallest absolute Gasteiger partial charge is 0.243 e. The summed E-state index contributed by atoms with van der Waals surface area (Å²) in [7, 11) is 0. The molecule has 0 spiro atoms. The molecule has 0 heterocycles. The van der Waals surface area contributed by atoms with Gasteiger partial charge in [-0.3, -0.25) is 9.59 Å². The van der Waals surface area contributed by atoms with E-state index < -0.39 is 0 Å². The maximum atomic E-state index is 11.7. The fraction of sp³-hybridized carbons (Fsp3) is 0.125. The van der Waals surface area contributed by atoms with Crippen molar-refractivity contribution in [3.8, 4) is 11.1 Å². The van der Waals surface area contributed by atoms with Gasteiger partial charge < -0.3 is 10.6 Å². The molecule has 2 aromatic rings. The minimum atomic E-state index is -0.272. The van der Waals surface area contributed by atoms with E-state index in [1.807, 2.05) is 54.6 Å². The van der Waals surface area contributed by atoms with E-state index in [1.54, 1.807) is 0 Å². The molecule has 0 aliphatic carbocycles. The van der Waals surface area contributed by atoms with Gasteiger partial charge in [0.1, 0.15) is 0 Å². The topological polar surface area (TPSA) is 58.2 Å². The normalized spacial score (nSPS) is 9.95. The van der Waals surface area contributed by atoms with Crippen molar-refractivity contribution in [2.24, 2.45) is 0 Å². The predicted molar refractivity (Wildman–Crippen MR) is 87.4 cm³/mol. The van der Waals surface area contributed by atoms with Gasteiger partial charge in [0, 0.05) is 5.69 Å². The molecule has 5 heteroatoms. The van der Waals surface area contributed by atoms with E-state index in [1.165, 1.54) is 0 Å². The molecule has 0 aromatic heterocycles. The lowest BCUT2D eigenvalue weighted by molar-refractivity contribution is -0.122. The molecule has 0 atom stereocenters. The third-order valence-corrected chi connectivity index (χ3v) is 3.13. The second kappa shape index (κ2) is 7.50. The molecule has 2 N–H and O–H groups in total. The number of thiol groups is 1. The SMILES string of the molecule is O=C(CS)NCC(=O)Nc1cccc(-c2ccccc2)c1. The monoisotopic (exact) mass is 300 g/mol. The lowest BCUT2D eigenvalue weighted by atomic mass is 10.1. The Morgan fingerprint density at radius 2 is 1.62 bits per heavy atom. The van der Waals surface area contributed by atoms with Crippen LogP contribution in [0.15, 0.2) is 54.6 Å². The molecule has 0 aliphatic rings. The summed E-state index contributed by atoms with van der Waals surface area (Å²) < 4.78 is 0. The Labute approximate surface area is 129 Å². The second-order valence-corrected chi connectivity index (χ2v) is 4.75. The van der Waals surface area contributed by atoms with Crippen molar-refractivity contribution in [1.82, 2.24) is 5.32 Å². The highest BCUT2D eigenvalue weighted by Crippen LogP contribution is 2.22. The molecular weight excluding hydrogens is 284 g/mol. The molecule has 0 unspecified atom stereocenters. The molecule has 0 bridgehead atoms. The van der Waals surface area contributed by atoms with Gasteiger partial charge in [0.2, 0.25) is 11.8 Å². The number of nitrogens with one attached hydrogen (secondary N) is 2. The van der Waals surface area contributed by atoms with Crippen molar-refractivity contribution < 1.29 is 9.59 Å². The van der Waals surface area contributed by atoms with Crippen molar-refractivity contribution in [3.05, 3.63) is 54.6 Å². The van der Waals surface area contributed by atoms with Crippen LogP contribution in [0.25, 0.3) is 11.1 Å². The summed E-state index contributed by atoms with van der Waals surface area (Å²) >= 11 is 3.83. The van der Waals surface area contributed by atoms with Gasteiger partial charge in [0.15, 0.2) is 0 Å². The minimum Gasteiger partial charge on any atom is -0.346 e. The van der Waals surface area contributed by atoms with E-state index in [2.05, 4.69) is 23.3 Å². The number of anilines is 1. The Balaban J connectivity index is 2.01. The number of amides is 2. The van der Waals surface area contributed by atoms with Crippen molar-refractivity contribution in [1.29, 1.82) is 0 Å². The van der Waals surface area contributed by atoms with Crippen LogP contribution in [-0.2, 0) is 9.59 Å². The van der Waals surface area contributed by atoms with Crippen LogP contribution >= 0.6 is 12.6 Å². The third kappa shape index (κ3) is 4.65. The van der Waals surface area contributed by atoms with Crippen LogP contribution in [0.5, 0.6) is 0 Å². The highest BCUT2D eigenvalue weighted by molar-refractivity contribution is 7.81. The Morgan fingerprint density at radius 1 is 0.905 bits per heavy atom. The van der Waals surface area contributed by atoms with E-state index in [4.69, 9.17) is 0 Å². The summed E-state index contributed by atoms with van der Waals surface area (Å²) in [5.41, 5.74) is 2.80. The molecule has 2 amide bonds. The summed E-state index contributed by atoms with van der Waals surface area (Å²) in [6.07, 6.45) is 0. The molecule has 21 heavy (non-hydrogen) atoms. The van der Waals surface area contributed by atoms with Gasteiger partial charge in [0.05, 0.1) is 12.3 Å². The van der Waals surface area contributed by atoms with Crippen molar-refractivity contribution >= 4 is 30.1 Å². The van der Waals surface area contributed by atoms with Crippen LogP contribution < -0.4 is 10.6 Å². The standard InChI is InChI=1S/C16H16N2O2S/c19-15(10-17-16(20)11-21)18-14-8-4-7-13(9-14)12-5-2-1-3-6-12/h1-9,21H,10-11H2,(H,17,20)(H,18,19). The van der Waals surface area contributed by atoms with Crippen LogP contribution in [-0.4, -0.2) is 24.1 Å². The van der Waals surface area contributed by atoms with Crippen molar-refractivity contribution in [3.63, 3.8) is 0 Å². The fourth-order valence-electron chi connectivity index (χ4n) is 1.85. The maximum Gasteiger partial charge on any atom is 0.243 e. The third-order valence-electron chi connectivity index (χ3n) is 2.84. The van der Waals surface area contributed by atoms with Gasteiger partial charge in [-0.2, -0.15) is 12.6 Å². The van der Waals surface area contributed by atoms with Gasteiger partial charge in [-0.25, -0.2) is 0 Å². The quantitative estimate of drug-likeness (QED) is 0.742. The number of hydrogen-bond donors (Lipinski definition) is 3. The lowest BCUT2D eigenvalue weighted by Gasteiger charge is -2.08. The van der Waals surface area contributed by atoms with E-state index in [0.29, 0.717) is 5.69 Å². The average Bonchev–Trinajstić information content (AvgIpc) is 2.53. The van der Waals surface area contributed by atoms with E-state index in [-0.39, 0.29) is 24.1 Å². The highest BCUT2D eigenvalue weighted by atomic mass is 32.1. The molecule has 108 valence electrons. The maximum absolute atomic E-state index is 11.7. The first-order chi connectivity index (χ1) is 10.2. The predicted octanol–water partition coefficient (Wildman–Crippen LogP) is 2.34. The zero-order chi connectivity index (χ0) is 15.1. The van der Waals surface area contributed by atoms with Crippen molar-refractivity contribution in [2.45, 2.75) is 0 Å². The number of carbonyl (C=O) groups is 2. The van der Waals surface area contributed by atoms with Gasteiger partial charge in [0.25, 0.3) is 0 Å². The zero-order valence-electron chi connectivity index (χ0n) is 11.4. The molecule has 0 radical (unpaired) electrons. The fourth-order valence-corrected chi connectivity index (χ4v) is 1.96. The number of rotatable bonds is 5. The summed E-state index contributed by atoms with van der Waals surface area (Å²) in [6, 6.07) is 17.5. The summed E-state index contributed by atoms with van der Waals surface area (Å²) in [5.74, 6) is -0.474. The van der Waals surface area contributed by atoms with Gasteiger partial charge in [-0.1, -0.05) is 42.5 Å². The summed E-state index contributed by atoms with van der Waals surface area (Å²) in [5, 5.41) is 5.22. The van der Waals surface area contributed by atoms with Crippen LogP contribution in [0.3, 0.4) is 0 Å². The molecule has 2 rings (SSSR count). The average molecular weight is 300 g/mol. The summed E-state index contributed by atoms with van der Waals surface area (Å²) in [4.78, 5) is 22.8. The van der Waals surface area contributed by atoms with Crippen LogP contribution in [0.4, 0.5) is 5.69 Å². The largest absolute Gasteiger partial charge is 0.346 e. The second-order valence-electron chi connectivity index (χ2n) is 4.43. The zero-order valence-corrected chi connectivity index (χ0v) is 12.3. The van der Waals surface area contributed by atoms with Gasteiger partial charge in [-0.15, -0.1) is 0 Å². The van der Waals surface area contributed by atoms with Crippen LogP contribution in [0.1, 0.15) is 0 Å². The lowest BCUT2D eigenvalue weighted by Crippen LogP contribution is -2.33. The molecule has 0 saturated heterocycles. The Hall–Kier alpha value is -2.27. The Bertz CT molecular complexity index is 629. The first kappa shape index (κ1) is 15.1. The van der Waals surface area contributed by atoms with Crippen LogP contribution in [0, 0.1) is 0 Å². The van der Waals surface area contributed by atoms with Gasteiger partial charge in [-0.05, 0) is 23.3 Å². The molecular formula is C16H16N2O2S. The molecule has 4 nitrogen and oxygen atoms in total. The van der Waals surface area contributed by atoms with E-state index in [9.17, 15) is 9.59 Å². The first-order valence-electron chi connectivity index (χ1n) is 6.52.